The largest absolute Gasteiger partial charge is 0.390 e. The first-order valence-corrected chi connectivity index (χ1v) is 9.72. The average molecular weight is 378 g/mol. The van der Waals surface area contributed by atoms with Gasteiger partial charge in [-0.05, 0) is 57.1 Å². The molecule has 0 aromatic heterocycles. The van der Waals surface area contributed by atoms with Crippen molar-refractivity contribution in [2.24, 2.45) is 22.7 Å². The molecule has 3 N–H and O–H groups in total. The van der Waals surface area contributed by atoms with Gasteiger partial charge in [-0.1, -0.05) is 18.6 Å². The minimum Gasteiger partial charge on any atom is -0.390 e. The highest BCUT2D eigenvalue weighted by molar-refractivity contribution is 6.01. The molecule has 0 aromatic rings. The first-order chi connectivity index (χ1) is 12.5. The molecule has 7 atom stereocenters. The van der Waals surface area contributed by atoms with Crippen molar-refractivity contribution in [3.05, 3.63) is 23.8 Å². The molecule has 0 spiro atoms. The molecular weight excluding hydrogens is 351 g/mol. The van der Waals surface area contributed by atoms with Crippen molar-refractivity contribution < 1.29 is 29.3 Å². The Balaban J connectivity index is 1.81. The van der Waals surface area contributed by atoms with Crippen molar-refractivity contribution in [1.29, 1.82) is 0 Å². The molecule has 0 saturated heterocycles. The van der Waals surface area contributed by atoms with Gasteiger partial charge in [0.1, 0.15) is 12.2 Å². The summed E-state index contributed by atoms with van der Waals surface area (Å²) in [6, 6.07) is 0. The van der Waals surface area contributed by atoms with Crippen LogP contribution in [0.2, 0.25) is 0 Å². The zero-order valence-corrected chi connectivity index (χ0v) is 15.7. The summed E-state index contributed by atoms with van der Waals surface area (Å²) >= 11 is 0. The third-order valence-electron chi connectivity index (χ3n) is 8.40. The smallest absolute Gasteiger partial charge is 0.190 e. The number of aliphatic hydroxyl groups is 3. The molecular formula is C21H27FO5. The fourth-order valence-electron chi connectivity index (χ4n) is 6.80. The van der Waals surface area contributed by atoms with E-state index in [1.165, 1.54) is 12.2 Å². The van der Waals surface area contributed by atoms with E-state index in [0.717, 1.165) is 0 Å². The van der Waals surface area contributed by atoms with E-state index in [2.05, 4.69) is 0 Å². The van der Waals surface area contributed by atoms with Crippen molar-refractivity contribution in [3.8, 4) is 0 Å². The minimum atomic E-state index is -1.97. The second-order valence-electron chi connectivity index (χ2n) is 9.24. The van der Waals surface area contributed by atoms with Crippen molar-refractivity contribution in [2.45, 2.75) is 63.3 Å². The molecule has 5 nitrogen and oxygen atoms in total. The number of aliphatic hydroxyl groups excluding tert-OH is 2. The van der Waals surface area contributed by atoms with Gasteiger partial charge in [-0.3, -0.25) is 9.59 Å². The van der Waals surface area contributed by atoms with Gasteiger partial charge in [0.25, 0.3) is 0 Å². The van der Waals surface area contributed by atoms with Crippen molar-refractivity contribution in [3.63, 3.8) is 0 Å². The lowest BCUT2D eigenvalue weighted by atomic mass is 9.44. The number of allylic oxidation sites excluding steroid dienone is 4. The van der Waals surface area contributed by atoms with Gasteiger partial charge in [-0.25, -0.2) is 4.39 Å². The third kappa shape index (κ3) is 2.04. The number of carbonyl (C=O) groups is 2. The Kier molecular flexibility index (Phi) is 3.92. The summed E-state index contributed by atoms with van der Waals surface area (Å²) in [5.41, 5.74) is -5.07. The Bertz CT molecular complexity index is 775. The van der Waals surface area contributed by atoms with Crippen LogP contribution in [0.3, 0.4) is 0 Å². The molecule has 4 aliphatic rings. The monoisotopic (exact) mass is 378 g/mol. The third-order valence-corrected chi connectivity index (χ3v) is 8.40. The van der Waals surface area contributed by atoms with E-state index in [1.54, 1.807) is 19.9 Å². The summed E-state index contributed by atoms with van der Waals surface area (Å²) < 4.78 is 16.7. The lowest BCUT2D eigenvalue weighted by Crippen LogP contribution is -2.69. The van der Waals surface area contributed by atoms with E-state index in [9.17, 15) is 24.9 Å². The van der Waals surface area contributed by atoms with Crippen LogP contribution in [0.5, 0.6) is 0 Å². The van der Waals surface area contributed by atoms with Gasteiger partial charge >= 0.3 is 0 Å². The van der Waals surface area contributed by atoms with Crippen molar-refractivity contribution >= 4 is 11.6 Å². The summed E-state index contributed by atoms with van der Waals surface area (Å²) in [6.07, 6.45) is 4.65. The molecule has 6 heteroatoms. The molecule has 148 valence electrons. The maximum Gasteiger partial charge on any atom is 0.190 e. The first kappa shape index (κ1) is 19.0. The highest BCUT2D eigenvalue weighted by Gasteiger charge is 2.73. The van der Waals surface area contributed by atoms with Crippen LogP contribution in [0.1, 0.15) is 46.0 Å². The second-order valence-corrected chi connectivity index (χ2v) is 9.24. The van der Waals surface area contributed by atoms with E-state index in [4.69, 9.17) is 0 Å². The molecule has 3 saturated carbocycles. The summed E-state index contributed by atoms with van der Waals surface area (Å²) in [6.45, 7) is 2.71. The molecule has 0 aromatic carbocycles. The molecule has 3 fully saturated rings. The van der Waals surface area contributed by atoms with Gasteiger partial charge in [0.15, 0.2) is 17.2 Å². The lowest BCUT2D eigenvalue weighted by Gasteiger charge is -2.62. The van der Waals surface area contributed by atoms with Crippen LogP contribution in [0, 0.1) is 22.7 Å². The summed E-state index contributed by atoms with van der Waals surface area (Å²) in [7, 11) is 0. The van der Waals surface area contributed by atoms with Gasteiger partial charge in [0.2, 0.25) is 0 Å². The summed E-state index contributed by atoms with van der Waals surface area (Å²) in [5, 5.41) is 31.5. The fraction of sp³-hybridized carbons (Fsp3) is 0.714. The second kappa shape index (κ2) is 5.58. The Morgan fingerprint density at radius 2 is 2.00 bits per heavy atom. The summed E-state index contributed by atoms with van der Waals surface area (Å²) in [4.78, 5) is 24.1. The number of carbonyl (C=O) groups excluding carboxylic acids is 2. The van der Waals surface area contributed by atoms with Crippen LogP contribution in [0.4, 0.5) is 4.39 Å². The lowest BCUT2D eigenvalue weighted by molar-refractivity contribution is -0.217. The number of alkyl halides is 1. The maximum absolute atomic E-state index is 16.7. The highest BCUT2D eigenvalue weighted by Crippen LogP contribution is 2.69. The zero-order chi connectivity index (χ0) is 19.8. The van der Waals surface area contributed by atoms with Crippen LogP contribution in [0.15, 0.2) is 23.8 Å². The molecule has 4 aliphatic carbocycles. The number of Topliss-reactive ketones (excluding diaryl/α,β-unsaturated/α-hetero) is 1. The van der Waals surface area contributed by atoms with Crippen LogP contribution in [-0.4, -0.2) is 50.9 Å². The van der Waals surface area contributed by atoms with Gasteiger partial charge in [-0.15, -0.1) is 0 Å². The molecule has 0 aliphatic heterocycles. The molecule has 2 unspecified atom stereocenters. The van der Waals surface area contributed by atoms with Crippen LogP contribution < -0.4 is 0 Å². The van der Waals surface area contributed by atoms with Crippen molar-refractivity contribution in [1.82, 2.24) is 0 Å². The van der Waals surface area contributed by atoms with E-state index >= 15 is 4.39 Å². The van der Waals surface area contributed by atoms with E-state index in [1.807, 2.05) is 0 Å². The Labute approximate surface area is 158 Å². The Morgan fingerprint density at radius 1 is 1.30 bits per heavy atom. The molecule has 0 radical (unpaired) electrons. The van der Waals surface area contributed by atoms with Gasteiger partial charge in [-0.2, -0.15) is 0 Å². The Morgan fingerprint density at radius 3 is 2.67 bits per heavy atom. The van der Waals surface area contributed by atoms with Crippen LogP contribution in [-0.2, 0) is 9.59 Å². The number of ketones is 2. The quantitative estimate of drug-likeness (QED) is 0.679. The number of halogens is 1. The zero-order valence-electron chi connectivity index (χ0n) is 15.7. The fourth-order valence-corrected chi connectivity index (χ4v) is 6.80. The minimum absolute atomic E-state index is 0.0580. The van der Waals surface area contributed by atoms with E-state index < -0.39 is 46.5 Å². The predicted molar refractivity (Wildman–Crippen MR) is 95.4 cm³/mol. The maximum atomic E-state index is 16.7. The topological polar surface area (TPSA) is 94.8 Å². The first-order valence-electron chi connectivity index (χ1n) is 9.72. The molecule has 27 heavy (non-hydrogen) atoms. The molecule has 0 heterocycles. The van der Waals surface area contributed by atoms with Gasteiger partial charge < -0.3 is 15.3 Å². The van der Waals surface area contributed by atoms with Crippen LogP contribution in [0.25, 0.3) is 0 Å². The van der Waals surface area contributed by atoms with Gasteiger partial charge in [0.05, 0.1) is 6.10 Å². The van der Waals surface area contributed by atoms with E-state index in [0.29, 0.717) is 24.8 Å². The van der Waals surface area contributed by atoms with E-state index in [-0.39, 0.29) is 24.5 Å². The number of rotatable bonds is 2. The standard InChI is InChI=1S/C21H27FO5/c1-18-7-5-13(24)9-12(18)3-4-15-14-6-8-20(27,17(26)11-23)19(14,2)10-16(25)21(15,18)22/h5,7,9,14-16,23,25,27H,3-4,6,8,10-11H2,1-2H3/t14-,15?,16-,18-,19?,20-,21-/m0/s1. The molecule has 0 bridgehead atoms. The highest BCUT2D eigenvalue weighted by atomic mass is 19.1. The molecule has 0 amide bonds. The predicted octanol–water partition coefficient (Wildman–Crippen LogP) is 1.65. The normalized spacial score (nSPS) is 51.3. The number of fused-ring (bicyclic) bond motifs is 5. The molecule has 4 rings (SSSR count). The van der Waals surface area contributed by atoms with Gasteiger partial charge in [0, 0.05) is 16.7 Å². The van der Waals surface area contributed by atoms with Crippen LogP contribution >= 0.6 is 0 Å². The summed E-state index contributed by atoms with van der Waals surface area (Å²) in [5.74, 6) is -1.64. The SMILES string of the molecule is CC12C[C@H](O)[C@@]3(F)C(CCC4=CC(=O)C=C[C@@]43C)[C@@H]1CC[C@]2(O)C(=O)CO. The van der Waals surface area contributed by atoms with Crippen molar-refractivity contribution in [2.75, 3.05) is 6.61 Å². The number of hydrogen-bond acceptors (Lipinski definition) is 5. The number of hydrogen-bond donors (Lipinski definition) is 3. The Hall–Kier alpha value is -1.37. The average Bonchev–Trinajstić information content (AvgIpc) is 2.88.